The summed E-state index contributed by atoms with van der Waals surface area (Å²) in [6, 6.07) is 17.1. The number of halogens is 1. The predicted octanol–water partition coefficient (Wildman–Crippen LogP) is 3.86. The fourth-order valence-corrected chi connectivity index (χ4v) is 3.02. The smallest absolute Gasteiger partial charge is 0.167 e. The average molecular weight is 329 g/mol. The van der Waals surface area contributed by atoms with Gasteiger partial charge in [-0.3, -0.25) is 4.79 Å². The van der Waals surface area contributed by atoms with Crippen molar-refractivity contribution in [1.29, 1.82) is 0 Å². The number of Topliss-reactive ketones (excluding diaryl/α,β-unsaturated/α-hetero) is 1. The van der Waals surface area contributed by atoms with Gasteiger partial charge in [0.25, 0.3) is 0 Å². The first-order valence-corrected chi connectivity index (χ1v) is 7.31. The van der Waals surface area contributed by atoms with Crippen LogP contribution >= 0.6 is 15.9 Å². The molecule has 0 amide bonds. The highest BCUT2D eigenvalue weighted by atomic mass is 79.9. The van der Waals surface area contributed by atoms with Gasteiger partial charge in [-0.05, 0) is 17.7 Å². The van der Waals surface area contributed by atoms with E-state index in [1.165, 1.54) is 0 Å². The lowest BCUT2D eigenvalue weighted by molar-refractivity contribution is -0.109. The number of hydrogen-bond acceptors (Lipinski definition) is 2. The first-order chi connectivity index (χ1) is 9.72. The third kappa shape index (κ3) is 2.34. The maximum atomic E-state index is 12.5. The Hall–Kier alpha value is -1.74. The lowest BCUT2D eigenvalue weighted by Gasteiger charge is -2.01. The Morgan fingerprint density at radius 1 is 1.00 bits per heavy atom. The van der Waals surface area contributed by atoms with E-state index < -0.39 is 0 Å². The van der Waals surface area contributed by atoms with Crippen LogP contribution in [0.3, 0.4) is 0 Å². The summed E-state index contributed by atoms with van der Waals surface area (Å²) >= 11 is 3.35. The molecule has 1 aliphatic carbocycles. The Morgan fingerprint density at radius 2 is 1.65 bits per heavy atom. The molecule has 0 saturated heterocycles. The van der Waals surface area contributed by atoms with Crippen molar-refractivity contribution in [3.8, 4) is 0 Å². The molecule has 3 heteroatoms. The van der Waals surface area contributed by atoms with E-state index in [0.29, 0.717) is 5.56 Å². The SMILES string of the molecule is O=C[C@H]1[C@@H](C(=O)c2ccc(Br)cc2)[C@@H]1c1ccccc1. The zero-order valence-corrected chi connectivity index (χ0v) is 12.3. The van der Waals surface area contributed by atoms with Crippen molar-refractivity contribution in [1.82, 2.24) is 0 Å². The van der Waals surface area contributed by atoms with Crippen LogP contribution in [0, 0.1) is 11.8 Å². The average Bonchev–Trinajstić information content (AvgIpc) is 3.22. The van der Waals surface area contributed by atoms with Gasteiger partial charge in [0.1, 0.15) is 6.29 Å². The van der Waals surface area contributed by atoms with Crippen LogP contribution in [-0.4, -0.2) is 12.1 Å². The van der Waals surface area contributed by atoms with Crippen molar-refractivity contribution in [2.24, 2.45) is 11.8 Å². The summed E-state index contributed by atoms with van der Waals surface area (Å²) in [6.07, 6.45) is 0.916. The molecule has 0 aliphatic heterocycles. The Morgan fingerprint density at radius 3 is 2.25 bits per heavy atom. The lowest BCUT2D eigenvalue weighted by Crippen LogP contribution is -2.04. The minimum atomic E-state index is -0.212. The molecule has 0 aromatic heterocycles. The van der Waals surface area contributed by atoms with Gasteiger partial charge in [-0.2, -0.15) is 0 Å². The summed E-state index contributed by atoms with van der Waals surface area (Å²) in [5.41, 5.74) is 1.74. The third-order valence-electron chi connectivity index (χ3n) is 3.85. The van der Waals surface area contributed by atoms with Crippen molar-refractivity contribution < 1.29 is 9.59 Å². The number of benzene rings is 2. The first-order valence-electron chi connectivity index (χ1n) is 6.52. The zero-order chi connectivity index (χ0) is 14.1. The topological polar surface area (TPSA) is 34.1 Å². The zero-order valence-electron chi connectivity index (χ0n) is 10.7. The van der Waals surface area contributed by atoms with Crippen molar-refractivity contribution in [2.75, 3.05) is 0 Å². The molecular weight excluding hydrogens is 316 g/mol. The molecule has 0 radical (unpaired) electrons. The molecule has 2 aromatic rings. The molecule has 0 unspecified atom stereocenters. The molecule has 0 bridgehead atoms. The maximum Gasteiger partial charge on any atom is 0.167 e. The van der Waals surface area contributed by atoms with E-state index in [1.807, 2.05) is 42.5 Å². The monoisotopic (exact) mass is 328 g/mol. The van der Waals surface area contributed by atoms with Crippen LogP contribution in [0.1, 0.15) is 21.8 Å². The fraction of sp³-hybridized carbons (Fsp3) is 0.176. The van der Waals surface area contributed by atoms with E-state index in [-0.39, 0.29) is 23.5 Å². The molecule has 2 aromatic carbocycles. The standard InChI is InChI=1S/C17H13BrO2/c18-13-8-6-12(7-9-13)17(20)16-14(10-19)15(16)11-4-2-1-3-5-11/h1-10,14-16H/t14-,15-,16-/m1/s1. The molecule has 3 atom stereocenters. The summed E-state index contributed by atoms with van der Waals surface area (Å²) in [6.45, 7) is 0. The van der Waals surface area contributed by atoms with Gasteiger partial charge in [0.05, 0.1) is 0 Å². The Balaban J connectivity index is 1.85. The molecule has 1 aliphatic rings. The summed E-state index contributed by atoms with van der Waals surface area (Å²) in [4.78, 5) is 23.7. The quantitative estimate of drug-likeness (QED) is 0.630. The van der Waals surface area contributed by atoms with Crippen molar-refractivity contribution in [3.05, 3.63) is 70.2 Å². The van der Waals surface area contributed by atoms with E-state index >= 15 is 0 Å². The van der Waals surface area contributed by atoms with Crippen LogP contribution < -0.4 is 0 Å². The minimum Gasteiger partial charge on any atom is -0.303 e. The van der Waals surface area contributed by atoms with Crippen LogP contribution in [0.2, 0.25) is 0 Å². The van der Waals surface area contributed by atoms with Crippen LogP contribution in [0.25, 0.3) is 0 Å². The Kier molecular flexibility index (Phi) is 3.53. The number of rotatable bonds is 4. The maximum absolute atomic E-state index is 12.5. The second-order valence-corrected chi connectivity index (χ2v) is 5.96. The second-order valence-electron chi connectivity index (χ2n) is 5.05. The number of hydrogen-bond donors (Lipinski definition) is 0. The molecule has 0 N–H and O–H groups in total. The van der Waals surface area contributed by atoms with Gasteiger partial charge in [-0.1, -0.05) is 58.4 Å². The van der Waals surface area contributed by atoms with Gasteiger partial charge in [-0.25, -0.2) is 0 Å². The highest BCUT2D eigenvalue weighted by molar-refractivity contribution is 9.10. The van der Waals surface area contributed by atoms with Gasteiger partial charge >= 0.3 is 0 Å². The van der Waals surface area contributed by atoms with Gasteiger partial charge in [-0.15, -0.1) is 0 Å². The van der Waals surface area contributed by atoms with Crippen molar-refractivity contribution in [2.45, 2.75) is 5.92 Å². The molecule has 2 nitrogen and oxygen atoms in total. The second kappa shape index (κ2) is 5.33. The van der Waals surface area contributed by atoms with Crippen molar-refractivity contribution >= 4 is 28.0 Å². The molecule has 1 saturated carbocycles. The largest absolute Gasteiger partial charge is 0.303 e. The third-order valence-corrected chi connectivity index (χ3v) is 4.38. The van der Waals surface area contributed by atoms with E-state index in [4.69, 9.17) is 0 Å². The summed E-state index contributed by atoms with van der Waals surface area (Å²) in [7, 11) is 0. The molecular formula is C17H13BrO2. The van der Waals surface area contributed by atoms with Gasteiger partial charge in [0.2, 0.25) is 0 Å². The van der Waals surface area contributed by atoms with Crippen LogP contribution in [0.15, 0.2) is 59.1 Å². The lowest BCUT2D eigenvalue weighted by atomic mass is 10.0. The van der Waals surface area contributed by atoms with Crippen molar-refractivity contribution in [3.63, 3.8) is 0 Å². The minimum absolute atomic E-state index is 0.0323. The van der Waals surface area contributed by atoms with Crippen LogP contribution in [0.5, 0.6) is 0 Å². The van der Waals surface area contributed by atoms with E-state index in [9.17, 15) is 9.59 Å². The van der Waals surface area contributed by atoms with E-state index in [0.717, 1.165) is 16.3 Å². The van der Waals surface area contributed by atoms with Gasteiger partial charge < -0.3 is 4.79 Å². The number of ketones is 1. The highest BCUT2D eigenvalue weighted by Crippen LogP contribution is 2.54. The van der Waals surface area contributed by atoms with Crippen LogP contribution in [0.4, 0.5) is 0 Å². The fourth-order valence-electron chi connectivity index (χ4n) is 2.75. The summed E-state index contributed by atoms with van der Waals surface area (Å²) in [5, 5.41) is 0. The predicted molar refractivity (Wildman–Crippen MR) is 80.7 cm³/mol. The highest BCUT2D eigenvalue weighted by Gasteiger charge is 2.55. The number of aldehydes is 1. The summed E-state index contributed by atoms with van der Waals surface area (Å²) in [5.74, 6) is -0.307. The van der Waals surface area contributed by atoms with Gasteiger partial charge in [0, 0.05) is 27.8 Å². The first kappa shape index (κ1) is 13.3. The molecule has 0 heterocycles. The number of carbonyl (C=O) groups is 2. The van der Waals surface area contributed by atoms with E-state index in [2.05, 4.69) is 15.9 Å². The Bertz CT molecular complexity index is 634. The molecule has 0 spiro atoms. The number of carbonyl (C=O) groups excluding carboxylic acids is 2. The summed E-state index contributed by atoms with van der Waals surface area (Å²) < 4.78 is 0.941. The van der Waals surface area contributed by atoms with Gasteiger partial charge in [0.15, 0.2) is 5.78 Å². The normalized spacial score (nSPS) is 24.1. The molecule has 1 fully saturated rings. The Labute approximate surface area is 125 Å². The molecule has 3 rings (SSSR count). The van der Waals surface area contributed by atoms with Crippen LogP contribution in [-0.2, 0) is 4.79 Å². The van der Waals surface area contributed by atoms with E-state index in [1.54, 1.807) is 12.1 Å². The molecule has 100 valence electrons. The molecule has 20 heavy (non-hydrogen) atoms.